The fourth-order valence-corrected chi connectivity index (χ4v) is 1.95. The lowest BCUT2D eigenvalue weighted by Crippen LogP contribution is -2.28. The Balaban J connectivity index is 2.03. The zero-order valence-corrected chi connectivity index (χ0v) is 10.4. The second kappa shape index (κ2) is 5.96. The number of aromatic nitrogens is 2. The molecule has 1 aromatic heterocycles. The van der Waals surface area contributed by atoms with E-state index in [1.807, 2.05) is 0 Å². The first-order chi connectivity index (χ1) is 9.11. The van der Waals surface area contributed by atoms with Gasteiger partial charge in [0.15, 0.2) is 0 Å². The van der Waals surface area contributed by atoms with Crippen LogP contribution < -0.4 is 11.4 Å². The zero-order valence-electron chi connectivity index (χ0n) is 10.4. The highest BCUT2D eigenvalue weighted by Crippen LogP contribution is 2.27. The van der Waals surface area contributed by atoms with Gasteiger partial charge in [-0.2, -0.15) is 4.98 Å². The standard InChI is InChI=1S/C12H17N3O4/c1-2-5-18-7-9-8(16)6-11(19-9)15-4-3-10(13)14-12(15)17/h2-4,8-9,11,16H,1,5-7H2,(H2,13,14,17)/t8-,9+,11+/m0/s1. The predicted octanol–water partition coefficient (Wildman–Crippen LogP) is -0.323. The molecule has 2 heterocycles. The van der Waals surface area contributed by atoms with Crippen molar-refractivity contribution < 1.29 is 14.6 Å². The van der Waals surface area contributed by atoms with E-state index in [1.165, 1.54) is 16.8 Å². The van der Waals surface area contributed by atoms with E-state index in [2.05, 4.69) is 11.6 Å². The van der Waals surface area contributed by atoms with Crippen LogP contribution in [-0.4, -0.2) is 40.1 Å². The average Bonchev–Trinajstić information content (AvgIpc) is 2.71. The van der Waals surface area contributed by atoms with Crippen molar-refractivity contribution >= 4 is 5.82 Å². The molecule has 19 heavy (non-hydrogen) atoms. The van der Waals surface area contributed by atoms with Gasteiger partial charge < -0.3 is 20.3 Å². The van der Waals surface area contributed by atoms with Gasteiger partial charge in [0.05, 0.1) is 19.3 Å². The van der Waals surface area contributed by atoms with Gasteiger partial charge in [0.2, 0.25) is 0 Å². The van der Waals surface area contributed by atoms with E-state index in [4.69, 9.17) is 15.2 Å². The van der Waals surface area contributed by atoms with Gasteiger partial charge in [-0.1, -0.05) is 6.08 Å². The molecule has 1 aromatic rings. The van der Waals surface area contributed by atoms with Crippen LogP contribution >= 0.6 is 0 Å². The molecular formula is C12H17N3O4. The normalized spacial score (nSPS) is 26.5. The lowest BCUT2D eigenvalue weighted by molar-refractivity contribution is -0.0595. The molecule has 0 aliphatic carbocycles. The molecule has 0 spiro atoms. The number of nitrogens with two attached hydrogens (primary N) is 1. The van der Waals surface area contributed by atoms with Crippen LogP contribution in [0.4, 0.5) is 5.82 Å². The highest BCUT2D eigenvalue weighted by molar-refractivity contribution is 5.23. The van der Waals surface area contributed by atoms with Crippen LogP contribution in [0.3, 0.4) is 0 Å². The summed E-state index contributed by atoms with van der Waals surface area (Å²) in [7, 11) is 0. The summed E-state index contributed by atoms with van der Waals surface area (Å²) in [5.74, 6) is 0.158. The van der Waals surface area contributed by atoms with Gasteiger partial charge in [-0.25, -0.2) is 4.79 Å². The maximum atomic E-state index is 11.7. The van der Waals surface area contributed by atoms with E-state index in [-0.39, 0.29) is 12.4 Å². The minimum Gasteiger partial charge on any atom is -0.390 e. The van der Waals surface area contributed by atoms with Crippen LogP contribution in [0.2, 0.25) is 0 Å². The number of anilines is 1. The molecule has 0 unspecified atom stereocenters. The summed E-state index contributed by atoms with van der Waals surface area (Å²) in [5.41, 5.74) is 4.92. The number of hydrogen-bond donors (Lipinski definition) is 2. The third kappa shape index (κ3) is 3.19. The van der Waals surface area contributed by atoms with Crippen molar-refractivity contribution in [3.05, 3.63) is 35.4 Å². The van der Waals surface area contributed by atoms with Crippen molar-refractivity contribution in [3.63, 3.8) is 0 Å². The number of nitrogen functional groups attached to an aromatic ring is 1. The van der Waals surface area contributed by atoms with Crippen molar-refractivity contribution in [1.29, 1.82) is 0 Å². The van der Waals surface area contributed by atoms with Crippen molar-refractivity contribution in [2.24, 2.45) is 0 Å². The van der Waals surface area contributed by atoms with Crippen molar-refractivity contribution in [3.8, 4) is 0 Å². The smallest absolute Gasteiger partial charge is 0.351 e. The predicted molar refractivity (Wildman–Crippen MR) is 68.5 cm³/mol. The molecule has 7 nitrogen and oxygen atoms in total. The molecule has 3 atom stereocenters. The molecule has 0 radical (unpaired) electrons. The number of rotatable bonds is 5. The molecule has 1 aliphatic rings. The molecule has 1 aliphatic heterocycles. The van der Waals surface area contributed by atoms with Gasteiger partial charge >= 0.3 is 5.69 Å². The molecule has 0 saturated carbocycles. The van der Waals surface area contributed by atoms with E-state index in [9.17, 15) is 9.90 Å². The summed E-state index contributed by atoms with van der Waals surface area (Å²) in [4.78, 5) is 15.3. The summed E-state index contributed by atoms with van der Waals surface area (Å²) in [6.07, 6.45) is 1.75. The van der Waals surface area contributed by atoms with E-state index < -0.39 is 24.1 Å². The van der Waals surface area contributed by atoms with E-state index in [0.717, 1.165) is 0 Å². The number of ether oxygens (including phenoxy) is 2. The molecule has 7 heteroatoms. The second-order valence-corrected chi connectivity index (χ2v) is 4.30. The van der Waals surface area contributed by atoms with Gasteiger partial charge in [0.25, 0.3) is 0 Å². The summed E-state index contributed by atoms with van der Waals surface area (Å²) in [6, 6.07) is 1.51. The monoisotopic (exact) mass is 267 g/mol. The first-order valence-electron chi connectivity index (χ1n) is 5.98. The Bertz CT molecular complexity index is 502. The molecule has 0 aromatic carbocycles. The number of aliphatic hydroxyl groups excluding tert-OH is 1. The molecule has 0 bridgehead atoms. The van der Waals surface area contributed by atoms with Crippen molar-refractivity contribution in [2.45, 2.75) is 24.9 Å². The number of aliphatic hydroxyl groups is 1. The Labute approximate surface area is 110 Å². The fraction of sp³-hybridized carbons (Fsp3) is 0.500. The minimum atomic E-state index is -0.681. The molecule has 2 rings (SSSR count). The topological polar surface area (TPSA) is 99.6 Å². The van der Waals surface area contributed by atoms with Crippen molar-refractivity contribution in [1.82, 2.24) is 9.55 Å². The Hall–Kier alpha value is -1.70. The first-order valence-corrected chi connectivity index (χ1v) is 5.98. The lowest BCUT2D eigenvalue weighted by Gasteiger charge is -2.15. The summed E-state index contributed by atoms with van der Waals surface area (Å²) >= 11 is 0. The molecule has 3 N–H and O–H groups in total. The van der Waals surface area contributed by atoms with Gasteiger partial charge in [-0.3, -0.25) is 4.57 Å². The van der Waals surface area contributed by atoms with E-state index >= 15 is 0 Å². The van der Waals surface area contributed by atoms with Gasteiger partial charge in [-0.05, 0) is 6.07 Å². The molecular weight excluding hydrogens is 250 g/mol. The van der Waals surface area contributed by atoms with Crippen molar-refractivity contribution in [2.75, 3.05) is 18.9 Å². The Morgan fingerprint density at radius 3 is 3.21 bits per heavy atom. The highest BCUT2D eigenvalue weighted by Gasteiger charge is 2.35. The third-order valence-electron chi connectivity index (χ3n) is 2.88. The van der Waals surface area contributed by atoms with Crippen LogP contribution in [0.15, 0.2) is 29.7 Å². The molecule has 104 valence electrons. The van der Waals surface area contributed by atoms with Crippen LogP contribution in [0.5, 0.6) is 0 Å². The first kappa shape index (κ1) is 13.7. The van der Waals surface area contributed by atoms with Gasteiger partial charge in [0, 0.05) is 12.6 Å². The third-order valence-corrected chi connectivity index (χ3v) is 2.88. The zero-order chi connectivity index (χ0) is 13.8. The summed E-state index contributed by atoms with van der Waals surface area (Å²) < 4.78 is 12.2. The largest absolute Gasteiger partial charge is 0.390 e. The lowest BCUT2D eigenvalue weighted by atomic mass is 10.2. The van der Waals surface area contributed by atoms with Gasteiger partial charge in [0.1, 0.15) is 18.1 Å². The van der Waals surface area contributed by atoms with Crippen LogP contribution in [0.1, 0.15) is 12.6 Å². The maximum Gasteiger partial charge on any atom is 0.351 e. The minimum absolute atomic E-state index is 0.158. The summed E-state index contributed by atoms with van der Waals surface area (Å²) in [5, 5.41) is 9.87. The van der Waals surface area contributed by atoms with Gasteiger partial charge in [-0.15, -0.1) is 6.58 Å². The van der Waals surface area contributed by atoms with Crippen LogP contribution in [-0.2, 0) is 9.47 Å². The average molecular weight is 267 g/mol. The molecule has 1 fully saturated rings. The van der Waals surface area contributed by atoms with E-state index in [1.54, 1.807) is 6.08 Å². The van der Waals surface area contributed by atoms with E-state index in [0.29, 0.717) is 13.0 Å². The Morgan fingerprint density at radius 1 is 1.74 bits per heavy atom. The van der Waals surface area contributed by atoms with Crippen LogP contribution in [0, 0.1) is 0 Å². The number of nitrogens with zero attached hydrogens (tertiary/aromatic N) is 2. The Kier molecular flexibility index (Phi) is 4.31. The second-order valence-electron chi connectivity index (χ2n) is 4.30. The SMILES string of the molecule is C=CCOC[C@H]1O[C@@H](n2ccc(N)nc2=O)C[C@@H]1O. The fourth-order valence-electron chi connectivity index (χ4n) is 1.95. The van der Waals surface area contributed by atoms with Crippen LogP contribution in [0.25, 0.3) is 0 Å². The molecule has 0 amide bonds. The maximum absolute atomic E-state index is 11.7. The highest BCUT2D eigenvalue weighted by atomic mass is 16.6. The summed E-state index contributed by atoms with van der Waals surface area (Å²) in [6.45, 7) is 4.17. The molecule has 1 saturated heterocycles. The number of hydrogen-bond acceptors (Lipinski definition) is 6. The Morgan fingerprint density at radius 2 is 2.53 bits per heavy atom. The quantitative estimate of drug-likeness (QED) is 0.560.